The second-order valence-electron chi connectivity index (χ2n) is 3.60. The Morgan fingerprint density at radius 1 is 1.19 bits per heavy atom. The van der Waals surface area contributed by atoms with E-state index in [2.05, 4.69) is 20.1 Å². The second-order valence-corrected chi connectivity index (χ2v) is 3.60. The predicted octanol–water partition coefficient (Wildman–Crippen LogP) is 0.819. The van der Waals surface area contributed by atoms with Crippen molar-refractivity contribution in [3.05, 3.63) is 23.3 Å². The highest BCUT2D eigenvalue weighted by molar-refractivity contribution is 5.28. The highest BCUT2D eigenvalue weighted by Gasteiger charge is 2.10. The van der Waals surface area contributed by atoms with Crippen LogP contribution < -0.4 is 5.73 Å². The molecule has 0 aliphatic heterocycles. The van der Waals surface area contributed by atoms with Crippen LogP contribution in [0.15, 0.2) is 6.07 Å². The maximum absolute atomic E-state index is 5.76. The van der Waals surface area contributed by atoms with Crippen LogP contribution in [-0.2, 0) is 6.42 Å². The first-order chi connectivity index (χ1) is 7.60. The third kappa shape index (κ3) is 1.86. The van der Waals surface area contributed by atoms with Gasteiger partial charge in [0.1, 0.15) is 0 Å². The molecule has 6 heteroatoms. The fourth-order valence-corrected chi connectivity index (χ4v) is 1.47. The van der Waals surface area contributed by atoms with Crippen LogP contribution in [0.1, 0.15) is 24.1 Å². The third-order valence-electron chi connectivity index (χ3n) is 2.15. The van der Waals surface area contributed by atoms with Crippen LogP contribution in [0, 0.1) is 13.8 Å². The summed E-state index contributed by atoms with van der Waals surface area (Å²) in [5, 5.41) is 4.24. The molecule has 0 spiro atoms. The van der Waals surface area contributed by atoms with E-state index in [0.717, 1.165) is 17.8 Å². The minimum atomic E-state index is 0.321. The molecule has 2 aromatic heterocycles. The minimum Gasteiger partial charge on any atom is -0.368 e. The van der Waals surface area contributed by atoms with E-state index in [1.165, 1.54) is 4.68 Å². The van der Waals surface area contributed by atoms with Gasteiger partial charge in [0.05, 0.1) is 0 Å². The third-order valence-corrected chi connectivity index (χ3v) is 2.15. The monoisotopic (exact) mass is 218 g/mol. The number of rotatable bonds is 2. The molecular weight excluding hydrogens is 204 g/mol. The van der Waals surface area contributed by atoms with Crippen molar-refractivity contribution in [1.29, 1.82) is 0 Å². The number of nitrogens with zero attached hydrogens (tertiary/aromatic N) is 5. The highest BCUT2D eigenvalue weighted by atomic mass is 15.4. The van der Waals surface area contributed by atoms with Gasteiger partial charge in [-0.15, -0.1) is 5.10 Å². The van der Waals surface area contributed by atoms with Gasteiger partial charge in [-0.25, -0.2) is 9.97 Å². The Labute approximate surface area is 93.6 Å². The largest absolute Gasteiger partial charge is 0.368 e. The average molecular weight is 218 g/mol. The van der Waals surface area contributed by atoms with Crippen molar-refractivity contribution in [1.82, 2.24) is 24.7 Å². The Bertz CT molecular complexity index is 496. The molecule has 0 amide bonds. The van der Waals surface area contributed by atoms with E-state index in [1.807, 2.05) is 26.8 Å². The molecule has 2 rings (SSSR count). The summed E-state index contributed by atoms with van der Waals surface area (Å²) in [6, 6.07) is 1.90. The van der Waals surface area contributed by atoms with Crippen molar-refractivity contribution in [3.8, 4) is 5.95 Å². The summed E-state index contributed by atoms with van der Waals surface area (Å²) < 4.78 is 1.47. The van der Waals surface area contributed by atoms with E-state index in [4.69, 9.17) is 5.73 Å². The SMILES string of the molecule is CCc1nc(N)n(-c2nc(C)cc(C)n2)n1. The summed E-state index contributed by atoms with van der Waals surface area (Å²) in [5.41, 5.74) is 7.53. The van der Waals surface area contributed by atoms with Crippen molar-refractivity contribution >= 4 is 5.95 Å². The molecule has 2 aromatic rings. The smallest absolute Gasteiger partial charge is 0.254 e. The van der Waals surface area contributed by atoms with Gasteiger partial charge in [-0.2, -0.15) is 9.67 Å². The zero-order valence-electron chi connectivity index (χ0n) is 9.60. The lowest BCUT2D eigenvalue weighted by Crippen LogP contribution is -2.08. The van der Waals surface area contributed by atoms with Crippen LogP contribution in [-0.4, -0.2) is 24.7 Å². The zero-order valence-corrected chi connectivity index (χ0v) is 9.60. The van der Waals surface area contributed by atoms with E-state index in [-0.39, 0.29) is 0 Å². The van der Waals surface area contributed by atoms with Crippen LogP contribution in [0.5, 0.6) is 0 Å². The van der Waals surface area contributed by atoms with E-state index >= 15 is 0 Å². The van der Waals surface area contributed by atoms with E-state index in [1.54, 1.807) is 0 Å². The minimum absolute atomic E-state index is 0.321. The molecule has 84 valence electrons. The Hall–Kier alpha value is -1.98. The normalized spacial score (nSPS) is 10.7. The summed E-state index contributed by atoms with van der Waals surface area (Å²) in [7, 11) is 0. The van der Waals surface area contributed by atoms with Gasteiger partial charge in [-0.3, -0.25) is 0 Å². The number of hydrogen-bond acceptors (Lipinski definition) is 5. The van der Waals surface area contributed by atoms with Gasteiger partial charge in [0.2, 0.25) is 5.95 Å². The average Bonchev–Trinajstić information content (AvgIpc) is 2.58. The Morgan fingerprint density at radius 3 is 2.31 bits per heavy atom. The lowest BCUT2D eigenvalue weighted by Gasteiger charge is -2.02. The van der Waals surface area contributed by atoms with Gasteiger partial charge in [0.25, 0.3) is 5.95 Å². The maximum atomic E-state index is 5.76. The van der Waals surface area contributed by atoms with Crippen LogP contribution in [0.2, 0.25) is 0 Å². The first kappa shape index (κ1) is 10.5. The highest BCUT2D eigenvalue weighted by Crippen LogP contribution is 2.09. The molecule has 0 atom stereocenters. The number of anilines is 1. The summed E-state index contributed by atoms with van der Waals surface area (Å²) in [5.74, 6) is 1.49. The number of hydrogen-bond donors (Lipinski definition) is 1. The lowest BCUT2D eigenvalue weighted by molar-refractivity contribution is 0.780. The molecule has 6 nitrogen and oxygen atoms in total. The van der Waals surface area contributed by atoms with Gasteiger partial charge in [0, 0.05) is 17.8 Å². The van der Waals surface area contributed by atoms with Crippen molar-refractivity contribution in [2.75, 3.05) is 5.73 Å². The quantitative estimate of drug-likeness (QED) is 0.806. The van der Waals surface area contributed by atoms with Crippen molar-refractivity contribution < 1.29 is 0 Å². The summed E-state index contributed by atoms with van der Waals surface area (Å²) in [6.45, 7) is 5.79. The molecule has 0 bridgehead atoms. The summed E-state index contributed by atoms with van der Waals surface area (Å²) >= 11 is 0. The van der Waals surface area contributed by atoms with Crippen LogP contribution in [0.3, 0.4) is 0 Å². The second kappa shape index (κ2) is 3.88. The number of aryl methyl sites for hydroxylation is 3. The van der Waals surface area contributed by atoms with Crippen LogP contribution in [0.25, 0.3) is 5.95 Å². The summed E-state index contributed by atoms with van der Waals surface area (Å²) in [4.78, 5) is 12.7. The van der Waals surface area contributed by atoms with Gasteiger partial charge in [-0.05, 0) is 19.9 Å². The predicted molar refractivity (Wildman–Crippen MR) is 60.2 cm³/mol. The standard InChI is InChI=1S/C10H14N6/c1-4-8-14-9(11)16(15-8)10-12-6(2)5-7(3)13-10/h5H,4H2,1-3H3,(H2,11,14,15). The number of nitrogen functional groups attached to an aromatic ring is 1. The summed E-state index contributed by atoms with van der Waals surface area (Å²) in [6.07, 6.45) is 0.738. The van der Waals surface area contributed by atoms with Gasteiger partial charge < -0.3 is 5.73 Å². The molecule has 0 fully saturated rings. The molecule has 0 aliphatic rings. The fraction of sp³-hybridized carbons (Fsp3) is 0.400. The van der Waals surface area contributed by atoms with Crippen LogP contribution in [0.4, 0.5) is 5.95 Å². The topological polar surface area (TPSA) is 82.5 Å². The van der Waals surface area contributed by atoms with Gasteiger partial charge in [0.15, 0.2) is 5.82 Å². The molecule has 0 aromatic carbocycles. The molecular formula is C10H14N6. The molecule has 0 radical (unpaired) electrons. The Morgan fingerprint density at radius 2 is 1.81 bits per heavy atom. The molecule has 0 saturated heterocycles. The number of nitrogens with two attached hydrogens (primary N) is 1. The first-order valence-electron chi connectivity index (χ1n) is 5.14. The van der Waals surface area contributed by atoms with Crippen LogP contribution >= 0.6 is 0 Å². The first-order valence-corrected chi connectivity index (χ1v) is 5.14. The molecule has 2 heterocycles. The molecule has 0 aliphatic carbocycles. The van der Waals surface area contributed by atoms with Crippen molar-refractivity contribution in [2.24, 2.45) is 0 Å². The molecule has 16 heavy (non-hydrogen) atoms. The maximum Gasteiger partial charge on any atom is 0.254 e. The van der Waals surface area contributed by atoms with E-state index in [0.29, 0.717) is 17.7 Å². The van der Waals surface area contributed by atoms with Gasteiger partial charge >= 0.3 is 0 Å². The molecule has 2 N–H and O–H groups in total. The Balaban J connectivity index is 2.53. The van der Waals surface area contributed by atoms with E-state index < -0.39 is 0 Å². The van der Waals surface area contributed by atoms with Gasteiger partial charge in [-0.1, -0.05) is 6.92 Å². The van der Waals surface area contributed by atoms with Crippen molar-refractivity contribution in [2.45, 2.75) is 27.2 Å². The molecule has 0 saturated carbocycles. The fourth-order valence-electron chi connectivity index (χ4n) is 1.47. The molecule has 0 unspecified atom stereocenters. The van der Waals surface area contributed by atoms with E-state index in [9.17, 15) is 0 Å². The zero-order chi connectivity index (χ0) is 11.7. The number of aromatic nitrogens is 5. The lowest BCUT2D eigenvalue weighted by atomic mass is 10.4. The Kier molecular flexibility index (Phi) is 2.55. The van der Waals surface area contributed by atoms with Crippen molar-refractivity contribution in [3.63, 3.8) is 0 Å².